The summed E-state index contributed by atoms with van der Waals surface area (Å²) < 4.78 is 13.5. The van der Waals surface area contributed by atoms with Crippen LogP contribution in [0.1, 0.15) is 18.4 Å². The van der Waals surface area contributed by atoms with Crippen LogP contribution in [0.15, 0.2) is 24.3 Å². The largest absolute Gasteiger partial charge is 0.394 e. The number of carbonyl (C=O) groups excluding carboxylic acids is 1. The maximum absolute atomic E-state index is 13.5. The van der Waals surface area contributed by atoms with E-state index in [2.05, 4.69) is 0 Å². The minimum Gasteiger partial charge on any atom is -0.394 e. The van der Waals surface area contributed by atoms with Gasteiger partial charge >= 0.3 is 0 Å². The predicted molar refractivity (Wildman–Crippen MR) is 72.3 cm³/mol. The van der Waals surface area contributed by atoms with Gasteiger partial charge in [-0.25, -0.2) is 4.39 Å². The molecule has 102 valence electrons. The average molecular weight is 284 g/mol. The molecule has 1 fully saturated rings. The molecule has 0 aromatic heterocycles. The molecule has 0 unspecified atom stereocenters. The monoisotopic (exact) mass is 283 g/mol. The molecule has 1 saturated heterocycles. The van der Waals surface area contributed by atoms with Crippen molar-refractivity contribution in [3.63, 3.8) is 0 Å². The minimum atomic E-state index is -0.461. The van der Waals surface area contributed by atoms with Gasteiger partial charge in [0.05, 0.1) is 17.7 Å². The van der Waals surface area contributed by atoms with Crippen LogP contribution in [0.4, 0.5) is 4.39 Å². The molecule has 1 heterocycles. The SMILES string of the molecule is O=C(C=Cc1c(F)cccc1Cl)N1CCC[C@@H]1CO. The van der Waals surface area contributed by atoms with Crippen LogP contribution in [0.3, 0.4) is 0 Å². The van der Waals surface area contributed by atoms with Crippen LogP contribution in [-0.4, -0.2) is 35.1 Å². The molecule has 1 aliphatic rings. The lowest BCUT2D eigenvalue weighted by Crippen LogP contribution is -2.36. The van der Waals surface area contributed by atoms with Crippen molar-refractivity contribution in [2.45, 2.75) is 18.9 Å². The van der Waals surface area contributed by atoms with Crippen LogP contribution < -0.4 is 0 Å². The van der Waals surface area contributed by atoms with E-state index in [1.165, 1.54) is 24.3 Å². The van der Waals surface area contributed by atoms with Crippen LogP contribution in [-0.2, 0) is 4.79 Å². The summed E-state index contributed by atoms with van der Waals surface area (Å²) in [6.45, 7) is 0.583. The number of carbonyl (C=O) groups is 1. The number of benzene rings is 1. The zero-order valence-electron chi connectivity index (χ0n) is 10.4. The Labute approximate surface area is 116 Å². The molecule has 19 heavy (non-hydrogen) atoms. The zero-order chi connectivity index (χ0) is 13.8. The molecule has 0 saturated carbocycles. The van der Waals surface area contributed by atoms with E-state index in [0.717, 1.165) is 12.8 Å². The molecule has 0 radical (unpaired) electrons. The first-order valence-corrected chi connectivity index (χ1v) is 6.55. The van der Waals surface area contributed by atoms with Crippen molar-refractivity contribution in [3.05, 3.63) is 40.7 Å². The van der Waals surface area contributed by atoms with Gasteiger partial charge in [0.2, 0.25) is 5.91 Å². The lowest BCUT2D eigenvalue weighted by molar-refractivity contribution is -0.127. The number of halogens is 2. The molecule has 0 spiro atoms. The summed E-state index contributed by atoms with van der Waals surface area (Å²) in [6.07, 6.45) is 4.37. The van der Waals surface area contributed by atoms with Gasteiger partial charge in [-0.05, 0) is 31.1 Å². The number of hydrogen-bond donors (Lipinski definition) is 1. The molecule has 0 bridgehead atoms. The van der Waals surface area contributed by atoms with Crippen molar-refractivity contribution >= 4 is 23.6 Å². The van der Waals surface area contributed by atoms with Crippen LogP contribution in [0.25, 0.3) is 6.08 Å². The maximum Gasteiger partial charge on any atom is 0.246 e. The van der Waals surface area contributed by atoms with Crippen molar-refractivity contribution in [2.75, 3.05) is 13.2 Å². The first kappa shape index (κ1) is 14.0. The summed E-state index contributed by atoms with van der Waals surface area (Å²) >= 11 is 5.87. The molecule has 1 amide bonds. The molecule has 1 N–H and O–H groups in total. The fourth-order valence-corrected chi connectivity index (χ4v) is 2.46. The van der Waals surface area contributed by atoms with Gasteiger partial charge in [-0.3, -0.25) is 4.79 Å². The Bertz CT molecular complexity index is 484. The summed E-state index contributed by atoms with van der Waals surface area (Å²) in [4.78, 5) is 13.6. The van der Waals surface area contributed by atoms with Gasteiger partial charge in [0, 0.05) is 18.2 Å². The van der Waals surface area contributed by atoms with Crippen molar-refractivity contribution in [1.82, 2.24) is 4.90 Å². The van der Waals surface area contributed by atoms with Crippen molar-refractivity contribution < 1.29 is 14.3 Å². The van der Waals surface area contributed by atoms with Crippen LogP contribution >= 0.6 is 11.6 Å². The van der Waals surface area contributed by atoms with Gasteiger partial charge < -0.3 is 10.0 Å². The Hall–Kier alpha value is -1.39. The average Bonchev–Trinajstić information content (AvgIpc) is 2.86. The molecule has 5 heteroatoms. The molecule has 1 aliphatic heterocycles. The summed E-state index contributed by atoms with van der Waals surface area (Å²) in [5.41, 5.74) is 0.206. The van der Waals surface area contributed by atoms with Gasteiger partial charge in [0.1, 0.15) is 5.82 Å². The molecule has 1 atom stereocenters. The van der Waals surface area contributed by atoms with E-state index in [1.54, 1.807) is 11.0 Å². The summed E-state index contributed by atoms with van der Waals surface area (Å²) in [5.74, 6) is -0.687. The zero-order valence-corrected chi connectivity index (χ0v) is 11.1. The second kappa shape index (κ2) is 6.17. The normalized spacial score (nSPS) is 19.3. The van der Waals surface area contributed by atoms with E-state index in [0.29, 0.717) is 6.54 Å². The second-order valence-electron chi connectivity index (χ2n) is 4.48. The van der Waals surface area contributed by atoms with Gasteiger partial charge in [-0.1, -0.05) is 17.7 Å². The number of aliphatic hydroxyl groups excluding tert-OH is 1. The lowest BCUT2D eigenvalue weighted by Gasteiger charge is -2.21. The Kier molecular flexibility index (Phi) is 4.56. The Morgan fingerprint density at radius 1 is 1.58 bits per heavy atom. The van der Waals surface area contributed by atoms with E-state index < -0.39 is 5.82 Å². The maximum atomic E-state index is 13.5. The first-order valence-electron chi connectivity index (χ1n) is 6.17. The highest BCUT2D eigenvalue weighted by molar-refractivity contribution is 6.32. The Morgan fingerprint density at radius 3 is 3.05 bits per heavy atom. The highest BCUT2D eigenvalue weighted by Crippen LogP contribution is 2.21. The summed E-state index contributed by atoms with van der Waals surface area (Å²) in [5, 5.41) is 9.43. The standard InChI is InChI=1S/C14H15ClFNO2/c15-12-4-1-5-13(16)11(12)6-7-14(19)17-8-2-3-10(17)9-18/h1,4-7,10,18H,2-3,8-9H2/t10-/m1/s1. The molecule has 0 aliphatic carbocycles. The van der Waals surface area contributed by atoms with Crippen LogP contribution in [0.2, 0.25) is 5.02 Å². The number of rotatable bonds is 3. The highest BCUT2D eigenvalue weighted by Gasteiger charge is 2.26. The topological polar surface area (TPSA) is 40.5 Å². The number of nitrogens with zero attached hydrogens (tertiary/aromatic N) is 1. The van der Waals surface area contributed by atoms with Crippen molar-refractivity contribution in [2.24, 2.45) is 0 Å². The molecule has 3 nitrogen and oxygen atoms in total. The quantitative estimate of drug-likeness (QED) is 0.866. The summed E-state index contributed by atoms with van der Waals surface area (Å²) in [6, 6.07) is 4.25. The van der Waals surface area contributed by atoms with Crippen LogP contribution in [0.5, 0.6) is 0 Å². The number of likely N-dealkylation sites (tertiary alicyclic amines) is 1. The van der Waals surface area contributed by atoms with Crippen LogP contribution in [0, 0.1) is 5.82 Å². The molecule has 2 rings (SSSR count). The fraction of sp³-hybridized carbons (Fsp3) is 0.357. The van der Waals surface area contributed by atoms with Gasteiger partial charge in [0.15, 0.2) is 0 Å². The predicted octanol–water partition coefficient (Wildman–Crippen LogP) is 2.48. The number of amides is 1. The van der Waals surface area contributed by atoms with Crippen molar-refractivity contribution in [3.8, 4) is 0 Å². The minimum absolute atomic E-state index is 0.0416. The first-order chi connectivity index (χ1) is 9.13. The van der Waals surface area contributed by atoms with Gasteiger partial charge in [0.25, 0.3) is 0 Å². The van der Waals surface area contributed by atoms with E-state index in [9.17, 15) is 9.18 Å². The van der Waals surface area contributed by atoms with Crippen molar-refractivity contribution in [1.29, 1.82) is 0 Å². The fourth-order valence-electron chi connectivity index (χ4n) is 2.24. The third-order valence-corrected chi connectivity index (χ3v) is 3.59. The van der Waals surface area contributed by atoms with E-state index in [1.807, 2.05) is 0 Å². The van der Waals surface area contributed by atoms with E-state index >= 15 is 0 Å². The highest BCUT2D eigenvalue weighted by atomic mass is 35.5. The Morgan fingerprint density at radius 2 is 2.37 bits per heavy atom. The Balaban J connectivity index is 2.12. The van der Waals surface area contributed by atoms with E-state index in [-0.39, 0.29) is 29.1 Å². The molecular formula is C14H15ClFNO2. The molecule has 1 aromatic carbocycles. The smallest absolute Gasteiger partial charge is 0.246 e. The number of aliphatic hydroxyl groups is 1. The third kappa shape index (κ3) is 3.14. The second-order valence-corrected chi connectivity index (χ2v) is 4.89. The molecular weight excluding hydrogens is 269 g/mol. The molecule has 1 aromatic rings. The summed E-state index contributed by atoms with van der Waals surface area (Å²) in [7, 11) is 0. The third-order valence-electron chi connectivity index (χ3n) is 3.26. The lowest BCUT2D eigenvalue weighted by atomic mass is 10.2. The number of hydrogen-bond acceptors (Lipinski definition) is 2. The van der Waals surface area contributed by atoms with E-state index in [4.69, 9.17) is 16.7 Å². The van der Waals surface area contributed by atoms with Gasteiger partial charge in [-0.15, -0.1) is 0 Å². The van der Waals surface area contributed by atoms with Gasteiger partial charge in [-0.2, -0.15) is 0 Å².